The molecule has 5 N–H and O–H groups in total. The Balaban J connectivity index is -0.0000000727. The van der Waals surface area contributed by atoms with Crippen LogP contribution in [0.15, 0.2) is 30.3 Å². The molecule has 0 saturated heterocycles. The third-order valence-corrected chi connectivity index (χ3v) is 1.47. The molecule has 0 heterocycles. The third-order valence-electron chi connectivity index (χ3n) is 1.47. The fourth-order valence-corrected chi connectivity index (χ4v) is 0.896. The van der Waals surface area contributed by atoms with E-state index in [1.807, 2.05) is 44.2 Å². The van der Waals surface area contributed by atoms with Gasteiger partial charge in [0.25, 0.3) is 0 Å². The summed E-state index contributed by atoms with van der Waals surface area (Å²) in [6.07, 6.45) is 8.83. The molecule has 0 amide bonds. The van der Waals surface area contributed by atoms with E-state index >= 15 is 0 Å². The number of aliphatic hydroxyl groups is 2. The molecule has 0 aromatic heterocycles. The van der Waals surface area contributed by atoms with Gasteiger partial charge in [-0.3, -0.25) is 4.79 Å². The highest BCUT2D eigenvalue weighted by atomic mass is 16.4. The van der Waals surface area contributed by atoms with E-state index in [1.165, 1.54) is 7.05 Å². The van der Waals surface area contributed by atoms with E-state index in [0.29, 0.717) is 6.42 Å². The van der Waals surface area contributed by atoms with Gasteiger partial charge in [-0.1, -0.05) is 44.2 Å². The van der Waals surface area contributed by atoms with Crippen LogP contribution in [0.4, 0.5) is 0 Å². The molecule has 124 valence electrons. The molecular formula is C16H31NO4. The Hall–Kier alpha value is -1.87. The van der Waals surface area contributed by atoms with Crippen LogP contribution in [0.2, 0.25) is 0 Å². The van der Waals surface area contributed by atoms with Crippen LogP contribution in [0.5, 0.6) is 0 Å². The van der Waals surface area contributed by atoms with Crippen molar-refractivity contribution in [3.8, 4) is 12.8 Å². The Morgan fingerprint density at radius 2 is 1.33 bits per heavy atom. The van der Waals surface area contributed by atoms with Crippen molar-refractivity contribution in [2.24, 2.45) is 5.73 Å². The second kappa shape index (κ2) is 42.9. The summed E-state index contributed by atoms with van der Waals surface area (Å²) in [5.74, 6) is -0.742. The summed E-state index contributed by atoms with van der Waals surface area (Å²) < 4.78 is 0. The number of carbonyl (C=O) groups is 1. The molecule has 1 aromatic rings. The average molecular weight is 301 g/mol. The summed E-state index contributed by atoms with van der Waals surface area (Å²) in [5.41, 5.74) is 5.58. The van der Waals surface area contributed by atoms with Crippen molar-refractivity contribution in [1.29, 1.82) is 0 Å². The standard InChI is InChI=1S/C9H10O2.C2H6.C2H2.CH5N.2CH4O/c10-9(11)7-6-8-4-2-1-3-5-8;5*1-2/h1-5H,6-7H2,(H,10,11);1-2H3;1-2H;2H2,1H3;2*2H,1H3. The highest BCUT2D eigenvalue weighted by molar-refractivity contribution is 5.67. The minimum absolute atomic E-state index is 0.212. The smallest absolute Gasteiger partial charge is 0.303 e. The van der Waals surface area contributed by atoms with E-state index in [0.717, 1.165) is 19.8 Å². The molecule has 0 aliphatic carbocycles. The average Bonchev–Trinajstić information content (AvgIpc) is 2.63. The Labute approximate surface area is 129 Å². The van der Waals surface area contributed by atoms with Crippen LogP contribution < -0.4 is 5.73 Å². The first-order chi connectivity index (χ1) is 10.3. The van der Waals surface area contributed by atoms with Crippen molar-refractivity contribution in [2.45, 2.75) is 26.7 Å². The van der Waals surface area contributed by atoms with Crippen molar-refractivity contribution in [1.82, 2.24) is 0 Å². The Morgan fingerprint density at radius 3 is 1.62 bits per heavy atom. The van der Waals surface area contributed by atoms with Gasteiger partial charge in [-0.15, -0.1) is 12.8 Å². The predicted octanol–water partition coefficient (Wildman–Crippen LogP) is 1.77. The van der Waals surface area contributed by atoms with Crippen LogP contribution in [-0.2, 0) is 11.2 Å². The van der Waals surface area contributed by atoms with Gasteiger partial charge in [-0.2, -0.15) is 0 Å². The topological polar surface area (TPSA) is 104 Å². The Kier molecular flexibility index (Phi) is 64.4. The number of carboxylic acids is 1. The molecule has 0 aliphatic rings. The largest absolute Gasteiger partial charge is 0.481 e. The highest BCUT2D eigenvalue weighted by Crippen LogP contribution is 2.01. The zero-order chi connectivity index (χ0) is 18.1. The first kappa shape index (κ1) is 31.5. The monoisotopic (exact) mass is 301 g/mol. The zero-order valence-electron chi connectivity index (χ0n) is 13.8. The molecule has 1 rings (SSSR count). The number of aliphatic hydroxyl groups excluding tert-OH is 2. The number of nitrogens with two attached hydrogens (primary N) is 1. The molecule has 21 heavy (non-hydrogen) atoms. The number of hydrogen-bond donors (Lipinski definition) is 4. The maximum atomic E-state index is 10.2. The number of aryl methyl sites for hydroxylation is 1. The van der Waals surface area contributed by atoms with Crippen LogP contribution >= 0.6 is 0 Å². The van der Waals surface area contributed by atoms with Gasteiger partial charge >= 0.3 is 5.97 Å². The third kappa shape index (κ3) is 38.1. The Morgan fingerprint density at radius 1 is 1.00 bits per heavy atom. The van der Waals surface area contributed by atoms with E-state index < -0.39 is 5.97 Å². The lowest BCUT2D eigenvalue weighted by Gasteiger charge is -1.95. The molecular weight excluding hydrogens is 270 g/mol. The molecule has 0 radical (unpaired) electrons. The lowest BCUT2D eigenvalue weighted by Crippen LogP contribution is -1.96. The van der Waals surface area contributed by atoms with Crippen LogP contribution in [0.3, 0.4) is 0 Å². The molecule has 0 fully saturated rings. The fraction of sp³-hybridized carbons (Fsp3) is 0.438. The van der Waals surface area contributed by atoms with Crippen molar-refractivity contribution in [3.63, 3.8) is 0 Å². The number of aliphatic carboxylic acids is 1. The van der Waals surface area contributed by atoms with Crippen LogP contribution in [-0.4, -0.2) is 42.6 Å². The SMILES string of the molecule is C#C.CC.CN.CO.CO.O=C(O)CCc1ccccc1. The van der Waals surface area contributed by atoms with Gasteiger partial charge in [0.15, 0.2) is 0 Å². The molecule has 0 spiro atoms. The first-order valence-electron chi connectivity index (χ1n) is 6.35. The zero-order valence-corrected chi connectivity index (χ0v) is 13.8. The second-order valence-corrected chi connectivity index (χ2v) is 2.38. The molecule has 0 aliphatic heterocycles. The van der Waals surface area contributed by atoms with E-state index in [4.69, 9.17) is 15.3 Å². The highest BCUT2D eigenvalue weighted by Gasteiger charge is 1.96. The number of carboxylic acid groups (broad SMARTS) is 1. The summed E-state index contributed by atoms with van der Waals surface area (Å²) in [5, 5.41) is 22.4. The van der Waals surface area contributed by atoms with Crippen LogP contribution in [0.1, 0.15) is 25.8 Å². The van der Waals surface area contributed by atoms with Gasteiger partial charge in [0.05, 0.1) is 0 Å². The lowest BCUT2D eigenvalue weighted by atomic mass is 10.1. The van der Waals surface area contributed by atoms with E-state index in [1.54, 1.807) is 0 Å². The number of rotatable bonds is 3. The quantitative estimate of drug-likeness (QED) is 0.637. The maximum Gasteiger partial charge on any atom is 0.303 e. The van der Waals surface area contributed by atoms with Crippen LogP contribution in [0, 0.1) is 12.8 Å². The summed E-state index contributed by atoms with van der Waals surface area (Å²) in [6, 6.07) is 9.62. The van der Waals surface area contributed by atoms with Gasteiger partial charge in [0, 0.05) is 20.6 Å². The predicted molar refractivity (Wildman–Crippen MR) is 90.0 cm³/mol. The first-order valence-corrected chi connectivity index (χ1v) is 6.35. The maximum absolute atomic E-state index is 10.2. The van der Waals surface area contributed by atoms with Gasteiger partial charge in [-0.25, -0.2) is 0 Å². The summed E-state index contributed by atoms with van der Waals surface area (Å²) >= 11 is 0. The van der Waals surface area contributed by atoms with Crippen molar-refractivity contribution < 1.29 is 20.1 Å². The summed E-state index contributed by atoms with van der Waals surface area (Å²) in [4.78, 5) is 10.2. The molecule has 0 bridgehead atoms. The van der Waals surface area contributed by atoms with E-state index in [2.05, 4.69) is 18.6 Å². The normalized spacial score (nSPS) is 6.19. The molecule has 5 heteroatoms. The van der Waals surface area contributed by atoms with Crippen LogP contribution in [0.25, 0.3) is 0 Å². The lowest BCUT2D eigenvalue weighted by molar-refractivity contribution is -0.136. The molecule has 1 aromatic carbocycles. The minimum Gasteiger partial charge on any atom is -0.481 e. The minimum atomic E-state index is -0.742. The number of benzene rings is 1. The Bertz CT molecular complexity index is 274. The molecule has 5 nitrogen and oxygen atoms in total. The summed E-state index contributed by atoms with van der Waals surface area (Å²) in [7, 11) is 3.50. The second-order valence-electron chi connectivity index (χ2n) is 2.38. The van der Waals surface area contributed by atoms with E-state index in [-0.39, 0.29) is 6.42 Å². The van der Waals surface area contributed by atoms with Gasteiger partial charge in [0.2, 0.25) is 0 Å². The fourth-order valence-electron chi connectivity index (χ4n) is 0.896. The van der Waals surface area contributed by atoms with Crippen molar-refractivity contribution in [2.75, 3.05) is 21.3 Å². The summed E-state index contributed by atoms with van der Waals surface area (Å²) in [6.45, 7) is 4.00. The number of terminal acetylenes is 1. The molecule has 0 atom stereocenters. The van der Waals surface area contributed by atoms with Crippen molar-refractivity contribution >= 4 is 5.97 Å². The number of hydrogen-bond acceptors (Lipinski definition) is 4. The van der Waals surface area contributed by atoms with E-state index in [9.17, 15) is 4.79 Å². The van der Waals surface area contributed by atoms with Crippen molar-refractivity contribution in [3.05, 3.63) is 35.9 Å². The molecule has 0 unspecified atom stereocenters. The van der Waals surface area contributed by atoms with Gasteiger partial charge in [-0.05, 0) is 19.0 Å². The molecule has 0 saturated carbocycles. The van der Waals surface area contributed by atoms with Gasteiger partial charge in [0.1, 0.15) is 0 Å². The van der Waals surface area contributed by atoms with Gasteiger partial charge < -0.3 is 21.1 Å².